The summed E-state index contributed by atoms with van der Waals surface area (Å²) in [5.41, 5.74) is 1.50. The lowest BCUT2D eigenvalue weighted by Gasteiger charge is -2.30. The smallest absolute Gasteiger partial charge is 0.308 e. The maximum Gasteiger partial charge on any atom is 0.308 e. The van der Waals surface area contributed by atoms with Crippen LogP contribution in [0.5, 0.6) is 0 Å². The summed E-state index contributed by atoms with van der Waals surface area (Å²) in [4.78, 5) is 26.2. The van der Waals surface area contributed by atoms with Gasteiger partial charge in [0.05, 0.1) is 28.6 Å². The second-order valence-electron chi connectivity index (χ2n) is 7.20. The van der Waals surface area contributed by atoms with Crippen LogP contribution in [0.2, 0.25) is 5.02 Å². The number of methoxy groups -OCH3 is 1. The van der Waals surface area contributed by atoms with E-state index < -0.39 is 10.0 Å². The average Bonchev–Trinajstić information content (AvgIpc) is 2.74. The van der Waals surface area contributed by atoms with Gasteiger partial charge in [-0.3, -0.25) is 14.3 Å². The molecule has 1 heterocycles. The Hall–Kier alpha value is -2.58. The number of benzene rings is 2. The van der Waals surface area contributed by atoms with Crippen LogP contribution in [0, 0.1) is 12.8 Å². The van der Waals surface area contributed by atoms with E-state index in [0.717, 1.165) is 5.56 Å². The highest BCUT2D eigenvalue weighted by atomic mass is 35.5. The van der Waals surface area contributed by atoms with Crippen LogP contribution in [-0.2, 0) is 19.6 Å². The Kier molecular flexibility index (Phi) is 6.67. The van der Waals surface area contributed by atoms with Gasteiger partial charge in [-0.1, -0.05) is 29.3 Å². The van der Waals surface area contributed by atoms with E-state index in [1.807, 2.05) is 6.92 Å². The third kappa shape index (κ3) is 4.94. The molecular formula is C21H23ClN2O5S. The molecule has 1 fully saturated rings. The molecule has 0 spiro atoms. The minimum absolute atomic E-state index is 0.123. The number of nitrogens with one attached hydrogen (secondary N) is 1. The Balaban J connectivity index is 1.70. The van der Waals surface area contributed by atoms with Crippen LogP contribution in [0.15, 0.2) is 47.4 Å². The van der Waals surface area contributed by atoms with Crippen LogP contribution in [0.4, 0.5) is 5.69 Å². The number of amides is 1. The van der Waals surface area contributed by atoms with Crippen LogP contribution in [-0.4, -0.2) is 45.4 Å². The van der Waals surface area contributed by atoms with E-state index in [9.17, 15) is 18.0 Å². The van der Waals surface area contributed by atoms with E-state index >= 15 is 0 Å². The van der Waals surface area contributed by atoms with Crippen LogP contribution < -0.4 is 4.72 Å². The second kappa shape index (κ2) is 9.06. The molecule has 0 aromatic heterocycles. The van der Waals surface area contributed by atoms with Gasteiger partial charge < -0.3 is 9.64 Å². The second-order valence-corrected chi connectivity index (χ2v) is 9.29. The van der Waals surface area contributed by atoms with Gasteiger partial charge in [0.2, 0.25) is 0 Å². The summed E-state index contributed by atoms with van der Waals surface area (Å²) in [5.74, 6) is -0.662. The summed E-state index contributed by atoms with van der Waals surface area (Å²) in [6.07, 6.45) is 1.08. The van der Waals surface area contributed by atoms with E-state index in [4.69, 9.17) is 16.3 Å². The Bertz CT molecular complexity index is 1050. The molecule has 3 rings (SSSR count). The summed E-state index contributed by atoms with van der Waals surface area (Å²) in [6.45, 7) is 2.75. The molecule has 1 N–H and O–H groups in total. The Morgan fingerprint density at radius 3 is 2.30 bits per heavy atom. The van der Waals surface area contributed by atoms with Crippen molar-refractivity contribution in [1.82, 2.24) is 4.90 Å². The molecule has 1 aliphatic rings. The largest absolute Gasteiger partial charge is 0.469 e. The number of rotatable bonds is 5. The lowest BCUT2D eigenvalue weighted by atomic mass is 9.96. The number of nitrogens with zero attached hydrogens (tertiary/aromatic N) is 1. The van der Waals surface area contributed by atoms with Gasteiger partial charge in [0, 0.05) is 18.7 Å². The van der Waals surface area contributed by atoms with Crippen LogP contribution in [0.25, 0.3) is 0 Å². The minimum Gasteiger partial charge on any atom is -0.469 e. The lowest BCUT2D eigenvalue weighted by Crippen LogP contribution is -2.40. The molecule has 9 heteroatoms. The molecule has 0 atom stereocenters. The number of likely N-dealkylation sites (tertiary alicyclic amines) is 1. The van der Waals surface area contributed by atoms with Gasteiger partial charge in [0.1, 0.15) is 0 Å². The van der Waals surface area contributed by atoms with Crippen molar-refractivity contribution in [3.63, 3.8) is 0 Å². The summed E-state index contributed by atoms with van der Waals surface area (Å²) >= 11 is 6.26. The van der Waals surface area contributed by atoms with Crippen molar-refractivity contribution in [2.24, 2.45) is 5.92 Å². The zero-order valence-electron chi connectivity index (χ0n) is 16.7. The van der Waals surface area contributed by atoms with E-state index in [1.54, 1.807) is 17.0 Å². The van der Waals surface area contributed by atoms with Crippen molar-refractivity contribution in [3.05, 3.63) is 58.6 Å². The third-order valence-electron chi connectivity index (χ3n) is 5.11. The van der Waals surface area contributed by atoms with Crippen molar-refractivity contribution < 1.29 is 22.7 Å². The standard InChI is InChI=1S/C21H23ClN2O5S/c1-14-3-6-17(7-4-14)30(27,28)23-19-8-5-16(13-18(19)22)20(25)24-11-9-15(10-12-24)21(26)29-2/h3-8,13,15,23H,9-12H2,1-2H3. The van der Waals surface area contributed by atoms with Gasteiger partial charge >= 0.3 is 5.97 Å². The summed E-state index contributed by atoms with van der Waals surface area (Å²) in [7, 11) is -2.44. The molecule has 0 aliphatic carbocycles. The predicted molar refractivity (Wildman–Crippen MR) is 114 cm³/mol. The number of ether oxygens (including phenoxy) is 1. The van der Waals surface area contributed by atoms with Crippen LogP contribution in [0.1, 0.15) is 28.8 Å². The number of aryl methyl sites for hydroxylation is 1. The van der Waals surface area contributed by atoms with Crippen LogP contribution >= 0.6 is 11.6 Å². The lowest BCUT2D eigenvalue weighted by molar-refractivity contribution is -0.146. The summed E-state index contributed by atoms with van der Waals surface area (Å²) in [6, 6.07) is 10.9. The van der Waals surface area contributed by atoms with Crippen LogP contribution in [0.3, 0.4) is 0 Å². The van der Waals surface area contributed by atoms with Gasteiger partial charge in [-0.15, -0.1) is 0 Å². The number of hydrogen-bond donors (Lipinski definition) is 1. The van der Waals surface area contributed by atoms with Crippen molar-refractivity contribution in [3.8, 4) is 0 Å². The normalized spacial score (nSPS) is 15.0. The number of hydrogen-bond acceptors (Lipinski definition) is 5. The first-order valence-corrected chi connectivity index (χ1v) is 11.3. The molecule has 1 amide bonds. The van der Waals surface area contributed by atoms with Gasteiger partial charge in [-0.05, 0) is 50.1 Å². The molecule has 30 heavy (non-hydrogen) atoms. The fraction of sp³-hybridized carbons (Fsp3) is 0.333. The van der Waals surface area contributed by atoms with Gasteiger partial charge in [-0.25, -0.2) is 8.42 Å². The highest BCUT2D eigenvalue weighted by Gasteiger charge is 2.28. The first-order chi connectivity index (χ1) is 14.2. The number of esters is 1. The van der Waals surface area contributed by atoms with Crippen molar-refractivity contribution in [1.29, 1.82) is 0 Å². The Labute approximate surface area is 181 Å². The van der Waals surface area contributed by atoms with E-state index in [-0.39, 0.29) is 33.4 Å². The minimum atomic E-state index is -3.80. The Morgan fingerprint density at radius 2 is 1.73 bits per heavy atom. The number of anilines is 1. The SMILES string of the molecule is COC(=O)C1CCN(C(=O)c2ccc(NS(=O)(=O)c3ccc(C)cc3)c(Cl)c2)CC1. The molecule has 2 aromatic carbocycles. The van der Waals surface area contributed by atoms with Crippen molar-refractivity contribution >= 4 is 39.2 Å². The first kappa shape index (κ1) is 22.1. The van der Waals surface area contributed by atoms with E-state index in [2.05, 4.69) is 4.72 Å². The van der Waals surface area contributed by atoms with Gasteiger partial charge in [0.15, 0.2) is 0 Å². The molecule has 1 aliphatic heterocycles. The average molecular weight is 451 g/mol. The number of piperidine rings is 1. The molecule has 7 nitrogen and oxygen atoms in total. The highest BCUT2D eigenvalue weighted by Crippen LogP contribution is 2.27. The molecule has 0 bridgehead atoms. The number of carbonyl (C=O) groups excluding carboxylic acids is 2. The molecule has 0 radical (unpaired) electrons. The van der Waals surface area contributed by atoms with Crippen molar-refractivity contribution in [2.75, 3.05) is 24.9 Å². The number of sulfonamides is 1. The maximum absolute atomic E-state index is 12.8. The zero-order chi connectivity index (χ0) is 21.9. The maximum atomic E-state index is 12.8. The van der Waals surface area contributed by atoms with E-state index in [1.165, 1.54) is 37.4 Å². The zero-order valence-corrected chi connectivity index (χ0v) is 18.3. The molecular weight excluding hydrogens is 428 g/mol. The van der Waals surface area contributed by atoms with E-state index in [0.29, 0.717) is 31.5 Å². The van der Waals surface area contributed by atoms with Gasteiger partial charge in [0.25, 0.3) is 15.9 Å². The molecule has 160 valence electrons. The number of carbonyl (C=O) groups is 2. The topological polar surface area (TPSA) is 92.8 Å². The van der Waals surface area contributed by atoms with Gasteiger partial charge in [-0.2, -0.15) is 0 Å². The molecule has 0 unspecified atom stereocenters. The first-order valence-electron chi connectivity index (χ1n) is 9.47. The third-order valence-corrected chi connectivity index (χ3v) is 6.80. The molecule has 2 aromatic rings. The highest BCUT2D eigenvalue weighted by molar-refractivity contribution is 7.92. The predicted octanol–water partition coefficient (Wildman–Crippen LogP) is 3.47. The molecule has 0 saturated carbocycles. The fourth-order valence-electron chi connectivity index (χ4n) is 3.32. The quantitative estimate of drug-likeness (QED) is 0.704. The summed E-state index contributed by atoms with van der Waals surface area (Å²) in [5, 5.41) is 0.126. The Morgan fingerprint density at radius 1 is 1.10 bits per heavy atom. The molecule has 1 saturated heterocycles. The monoisotopic (exact) mass is 450 g/mol. The van der Waals surface area contributed by atoms with Crippen molar-refractivity contribution in [2.45, 2.75) is 24.7 Å². The number of halogens is 1. The summed E-state index contributed by atoms with van der Waals surface area (Å²) < 4.78 is 32.3. The fourth-order valence-corrected chi connectivity index (χ4v) is 4.68.